The van der Waals surface area contributed by atoms with Crippen molar-refractivity contribution >= 4 is 23.2 Å². The van der Waals surface area contributed by atoms with Crippen LogP contribution in [0.25, 0.3) is 0 Å². The second kappa shape index (κ2) is 6.99. The molecule has 0 unspecified atom stereocenters. The summed E-state index contributed by atoms with van der Waals surface area (Å²) in [6, 6.07) is 12.4. The van der Waals surface area contributed by atoms with Crippen LogP contribution >= 0.6 is 11.6 Å². The Morgan fingerprint density at radius 1 is 1.10 bits per heavy atom. The van der Waals surface area contributed by atoms with Crippen molar-refractivity contribution < 1.29 is 14.3 Å². The molecular formula is C16H16ClNO3. The molecule has 0 atom stereocenters. The molecule has 2 aromatic rings. The molecule has 1 amide bonds. The molecule has 0 spiro atoms. The number of hydrogen-bond acceptors (Lipinski definition) is 3. The Labute approximate surface area is 128 Å². The molecule has 2 rings (SSSR count). The number of ether oxygens (including phenoxy) is 2. The van der Waals surface area contributed by atoms with Gasteiger partial charge in [0.15, 0.2) is 11.5 Å². The Bertz CT molecular complexity index is 643. The summed E-state index contributed by atoms with van der Waals surface area (Å²) in [4.78, 5) is 12.2. The first-order valence-electron chi connectivity index (χ1n) is 6.36. The van der Waals surface area contributed by atoms with Gasteiger partial charge < -0.3 is 14.8 Å². The summed E-state index contributed by atoms with van der Waals surface area (Å²) in [7, 11) is 3.08. The van der Waals surface area contributed by atoms with E-state index in [2.05, 4.69) is 5.32 Å². The number of carbonyl (C=O) groups excluding carboxylic acids is 1. The molecule has 0 aliphatic rings. The zero-order valence-electron chi connectivity index (χ0n) is 11.9. The van der Waals surface area contributed by atoms with Crippen LogP contribution in [0.3, 0.4) is 0 Å². The van der Waals surface area contributed by atoms with Gasteiger partial charge in [-0.1, -0.05) is 12.1 Å². The molecule has 0 heterocycles. The van der Waals surface area contributed by atoms with Crippen molar-refractivity contribution in [3.8, 4) is 11.5 Å². The maximum absolute atomic E-state index is 12.2. The first-order chi connectivity index (χ1) is 10.2. The fraction of sp³-hybridized carbons (Fsp3) is 0.188. The highest BCUT2D eigenvalue weighted by molar-refractivity contribution is 6.17. The van der Waals surface area contributed by atoms with Gasteiger partial charge in [-0.3, -0.25) is 4.79 Å². The van der Waals surface area contributed by atoms with Crippen LogP contribution in [0, 0.1) is 0 Å². The number of alkyl halides is 1. The smallest absolute Gasteiger partial charge is 0.255 e. The van der Waals surface area contributed by atoms with Gasteiger partial charge in [-0.05, 0) is 35.9 Å². The predicted molar refractivity (Wildman–Crippen MR) is 83.5 cm³/mol. The number of carbonyl (C=O) groups is 1. The zero-order chi connectivity index (χ0) is 15.2. The van der Waals surface area contributed by atoms with Crippen LogP contribution in [0.4, 0.5) is 5.69 Å². The first-order valence-corrected chi connectivity index (χ1v) is 6.89. The highest BCUT2D eigenvalue weighted by Gasteiger charge is 2.11. The van der Waals surface area contributed by atoms with E-state index in [1.54, 1.807) is 25.3 Å². The number of anilines is 1. The molecule has 0 saturated carbocycles. The van der Waals surface area contributed by atoms with E-state index in [1.807, 2.05) is 24.3 Å². The van der Waals surface area contributed by atoms with Gasteiger partial charge in [0, 0.05) is 17.1 Å². The number of nitrogens with one attached hydrogen (secondary N) is 1. The maximum atomic E-state index is 12.2. The molecule has 0 radical (unpaired) electrons. The van der Waals surface area contributed by atoms with Gasteiger partial charge in [-0.15, -0.1) is 11.6 Å². The molecule has 0 fully saturated rings. The van der Waals surface area contributed by atoms with Gasteiger partial charge in [0.05, 0.1) is 14.2 Å². The minimum Gasteiger partial charge on any atom is -0.493 e. The monoisotopic (exact) mass is 305 g/mol. The van der Waals surface area contributed by atoms with Crippen LogP contribution in [-0.4, -0.2) is 20.1 Å². The van der Waals surface area contributed by atoms with Crippen molar-refractivity contribution in [2.75, 3.05) is 19.5 Å². The van der Waals surface area contributed by atoms with Gasteiger partial charge in [0.25, 0.3) is 5.91 Å². The Morgan fingerprint density at radius 2 is 1.86 bits per heavy atom. The van der Waals surface area contributed by atoms with Crippen LogP contribution < -0.4 is 14.8 Å². The van der Waals surface area contributed by atoms with Crippen LogP contribution in [0.15, 0.2) is 42.5 Å². The summed E-state index contributed by atoms with van der Waals surface area (Å²) in [5.41, 5.74) is 2.14. The number of amides is 1. The summed E-state index contributed by atoms with van der Waals surface area (Å²) in [5, 5.41) is 2.83. The number of benzene rings is 2. The molecule has 1 N–H and O–H groups in total. The van der Waals surface area contributed by atoms with E-state index >= 15 is 0 Å². The number of hydrogen-bond donors (Lipinski definition) is 1. The van der Waals surface area contributed by atoms with Gasteiger partial charge in [0.1, 0.15) is 0 Å². The number of halogens is 1. The van der Waals surface area contributed by atoms with E-state index < -0.39 is 0 Å². The summed E-state index contributed by atoms with van der Waals surface area (Å²) >= 11 is 5.78. The number of methoxy groups -OCH3 is 2. The van der Waals surface area contributed by atoms with Gasteiger partial charge in [0.2, 0.25) is 0 Å². The van der Waals surface area contributed by atoms with Crippen molar-refractivity contribution in [2.24, 2.45) is 0 Å². The molecule has 110 valence electrons. The van der Waals surface area contributed by atoms with Crippen molar-refractivity contribution in [1.29, 1.82) is 0 Å². The highest BCUT2D eigenvalue weighted by Crippen LogP contribution is 2.27. The fourth-order valence-electron chi connectivity index (χ4n) is 1.91. The molecule has 4 nitrogen and oxygen atoms in total. The molecule has 0 saturated heterocycles. The lowest BCUT2D eigenvalue weighted by Gasteiger charge is -2.10. The van der Waals surface area contributed by atoms with Crippen molar-refractivity contribution in [2.45, 2.75) is 5.88 Å². The summed E-state index contributed by atoms with van der Waals surface area (Å²) in [6.07, 6.45) is 0. The van der Waals surface area contributed by atoms with Gasteiger partial charge in [-0.25, -0.2) is 0 Å². The average molecular weight is 306 g/mol. The fourth-order valence-corrected chi connectivity index (χ4v) is 2.08. The van der Waals surface area contributed by atoms with E-state index in [9.17, 15) is 4.79 Å². The Kier molecular flexibility index (Phi) is 5.06. The second-order valence-corrected chi connectivity index (χ2v) is 4.63. The highest BCUT2D eigenvalue weighted by atomic mass is 35.5. The molecule has 0 aliphatic heterocycles. The molecular weight excluding hydrogens is 290 g/mol. The third kappa shape index (κ3) is 3.67. The normalized spacial score (nSPS) is 10.0. The maximum Gasteiger partial charge on any atom is 0.255 e. The summed E-state index contributed by atoms with van der Waals surface area (Å²) < 4.78 is 10.3. The van der Waals surface area contributed by atoms with Crippen molar-refractivity contribution in [3.63, 3.8) is 0 Å². The zero-order valence-corrected chi connectivity index (χ0v) is 12.6. The van der Waals surface area contributed by atoms with Crippen molar-refractivity contribution in [1.82, 2.24) is 0 Å². The minimum absolute atomic E-state index is 0.220. The van der Waals surface area contributed by atoms with Gasteiger partial charge >= 0.3 is 0 Å². The second-order valence-electron chi connectivity index (χ2n) is 4.36. The third-order valence-electron chi connectivity index (χ3n) is 2.98. The Balaban J connectivity index is 2.19. The topological polar surface area (TPSA) is 47.6 Å². The quantitative estimate of drug-likeness (QED) is 0.857. The molecule has 0 aliphatic carbocycles. The predicted octanol–water partition coefficient (Wildman–Crippen LogP) is 3.69. The van der Waals surface area contributed by atoms with E-state index in [0.717, 1.165) is 5.56 Å². The largest absolute Gasteiger partial charge is 0.493 e. The summed E-state index contributed by atoms with van der Waals surface area (Å²) in [6.45, 7) is 0. The van der Waals surface area contributed by atoms with Crippen LogP contribution in [-0.2, 0) is 5.88 Å². The first kappa shape index (κ1) is 15.2. The standard InChI is InChI=1S/C16H16ClNO3/c1-20-14-7-6-12(9-15(14)21-2)16(19)18-13-5-3-4-11(8-13)10-17/h3-9H,10H2,1-2H3,(H,18,19). The van der Waals surface area contributed by atoms with Crippen molar-refractivity contribution in [3.05, 3.63) is 53.6 Å². The van der Waals surface area contributed by atoms with Crippen LogP contribution in [0.5, 0.6) is 11.5 Å². The SMILES string of the molecule is COc1ccc(C(=O)Nc2cccc(CCl)c2)cc1OC. The lowest BCUT2D eigenvalue weighted by molar-refractivity contribution is 0.102. The van der Waals surface area contributed by atoms with E-state index in [1.165, 1.54) is 7.11 Å². The number of rotatable bonds is 5. The van der Waals surface area contributed by atoms with Gasteiger partial charge in [-0.2, -0.15) is 0 Å². The third-order valence-corrected chi connectivity index (χ3v) is 3.29. The molecule has 0 bridgehead atoms. The molecule has 0 aromatic heterocycles. The van der Waals surface area contributed by atoms with Crippen LogP contribution in [0.1, 0.15) is 15.9 Å². The molecule has 21 heavy (non-hydrogen) atoms. The average Bonchev–Trinajstić information content (AvgIpc) is 2.54. The Hall–Kier alpha value is -2.20. The Morgan fingerprint density at radius 3 is 2.52 bits per heavy atom. The van der Waals surface area contributed by atoms with Crippen LogP contribution in [0.2, 0.25) is 0 Å². The molecule has 5 heteroatoms. The molecule has 2 aromatic carbocycles. The summed E-state index contributed by atoms with van der Waals surface area (Å²) in [5.74, 6) is 1.28. The van der Waals surface area contributed by atoms with E-state index in [-0.39, 0.29) is 5.91 Å². The lowest BCUT2D eigenvalue weighted by atomic mass is 10.1. The van der Waals surface area contributed by atoms with E-state index in [4.69, 9.17) is 21.1 Å². The lowest BCUT2D eigenvalue weighted by Crippen LogP contribution is -2.12. The minimum atomic E-state index is -0.220. The van der Waals surface area contributed by atoms with E-state index in [0.29, 0.717) is 28.6 Å².